The highest BCUT2D eigenvalue weighted by molar-refractivity contribution is 5.83. The Kier molecular flexibility index (Phi) is 44.7. The lowest BCUT2D eigenvalue weighted by molar-refractivity contribution is -0.293. The maximum atomic E-state index is 14.4. The van der Waals surface area contributed by atoms with E-state index in [1.807, 2.05) is 98.8 Å². The Morgan fingerprint density at radius 2 is 0.807 bits per heavy atom. The monoisotopic (exact) mass is 1700 g/mol. The van der Waals surface area contributed by atoms with Crippen LogP contribution in [0.25, 0.3) is 0 Å². The molecule has 0 aromatic rings. The van der Waals surface area contributed by atoms with Crippen molar-refractivity contribution in [2.75, 3.05) is 70.1 Å². The molecule has 7 aliphatic heterocycles. The number of carbonyl (C=O) groups excluding carboxylic acids is 2. The van der Waals surface area contributed by atoms with E-state index in [9.17, 15) is 50.4 Å². The number of cyclic esters (lactones) is 2. The summed E-state index contributed by atoms with van der Waals surface area (Å²) in [6.07, 6.45) is 6.46. The van der Waals surface area contributed by atoms with Crippen LogP contribution in [0.2, 0.25) is 0 Å². The standard InChI is InChI=1S/C91H154O28/c1-51-26-32-69(116-90-88(108-18)86(106-16)77(96)49-110-90)42-63-22-20-24-65(114-63)44-73(104-14)40-62(92)41-74(93)58(8)84(60(10)82(100)53(3)30-34-67-45-71(102-12)38-55(5)112-67)118-80(98)36-28-52(2)27-33-70(117-91-89(109-19)87(107-17)78(97)50-111-91)43-64-23-21-25-66(115-64)47-79(105-15)57(7)75(94)48-76(95)59(9)85(119-81(99)37-29-51)61(11)83(101)54(4)31-35-68-46-72(103-13)39-56(6)113-68/h20-23,26-29,36-37,53-79,82-97,100-101H,24-25,30-35,38-50H2,1-19H3/b36-28-,37-29-,51-26-,52-27-/t53-,54-,55-,56-,57-,58-,59-,60-,61-,62+,63-,64-,65-,66-,67-,68-,69-,70-,71+,72+,73+,74+,75-,76+,77-,78-,79-,82-,83-,84-,85-,86+,87+,88+,89+,90+,91+/m0/s1. The minimum absolute atomic E-state index is 0.0181. The number of ether oxygens (including phenoxy) is 18. The van der Waals surface area contributed by atoms with Gasteiger partial charge >= 0.3 is 11.9 Å². The van der Waals surface area contributed by atoms with E-state index in [0.29, 0.717) is 75.4 Å². The Bertz CT molecular complexity index is 3080. The Morgan fingerprint density at radius 3 is 1.21 bits per heavy atom. The van der Waals surface area contributed by atoms with Gasteiger partial charge in [0.2, 0.25) is 0 Å². The van der Waals surface area contributed by atoms with Gasteiger partial charge in [0, 0.05) is 124 Å². The second-order valence-corrected chi connectivity index (χ2v) is 35.4. The van der Waals surface area contributed by atoms with Crippen LogP contribution in [0.1, 0.15) is 198 Å². The van der Waals surface area contributed by atoms with E-state index >= 15 is 0 Å². The summed E-state index contributed by atoms with van der Waals surface area (Å²) in [7, 11) is 12.5. The van der Waals surface area contributed by atoms with Crippen molar-refractivity contribution < 1.29 is 136 Å². The maximum Gasteiger partial charge on any atom is 0.331 e. The van der Waals surface area contributed by atoms with Crippen LogP contribution in [0.15, 0.2) is 71.9 Å². The average Bonchev–Trinajstić information content (AvgIpc) is 0.892. The molecule has 0 saturated carbocycles. The number of aliphatic hydroxyl groups is 8. The summed E-state index contributed by atoms with van der Waals surface area (Å²) < 4.78 is 111. The third-order valence-electron chi connectivity index (χ3n) is 26.2. The number of allylic oxidation sites excluding steroid dienone is 4. The first-order valence-corrected chi connectivity index (χ1v) is 44.0. The number of methoxy groups -OCH3 is 8. The van der Waals surface area contributed by atoms with Crippen molar-refractivity contribution in [3.05, 3.63) is 71.9 Å². The van der Waals surface area contributed by atoms with Crippen molar-refractivity contribution in [2.24, 2.45) is 41.4 Å². The minimum atomic E-state index is -1.23. The molecule has 7 heterocycles. The molecule has 0 unspecified atom stereocenters. The molecule has 0 spiro atoms. The van der Waals surface area contributed by atoms with E-state index in [0.717, 1.165) is 25.7 Å². The van der Waals surface area contributed by atoms with Crippen molar-refractivity contribution in [3.63, 3.8) is 0 Å². The summed E-state index contributed by atoms with van der Waals surface area (Å²) in [5.74, 6) is -5.50. The molecular formula is C91H154O28. The molecule has 0 radical (unpaired) electrons. The highest BCUT2D eigenvalue weighted by atomic mass is 16.7. The van der Waals surface area contributed by atoms with E-state index in [-0.39, 0.29) is 99.9 Å². The topological polar surface area (TPSA) is 362 Å². The summed E-state index contributed by atoms with van der Waals surface area (Å²) in [4.78, 5) is 28.8. The normalized spacial score (nSPS) is 41.9. The highest BCUT2D eigenvalue weighted by Gasteiger charge is 2.47. The number of fused-ring (bicyclic) bond motifs is 4. The molecule has 4 fully saturated rings. The van der Waals surface area contributed by atoms with Gasteiger partial charge in [0.1, 0.15) is 48.8 Å². The second kappa shape index (κ2) is 51.9. The zero-order valence-electron chi connectivity index (χ0n) is 74.7. The number of hydrogen-bond acceptors (Lipinski definition) is 28. The third kappa shape index (κ3) is 32.0. The van der Waals surface area contributed by atoms with Gasteiger partial charge in [-0.15, -0.1) is 0 Å². The van der Waals surface area contributed by atoms with Crippen LogP contribution >= 0.6 is 0 Å². The number of aliphatic hydroxyl groups excluding tert-OH is 8. The van der Waals surface area contributed by atoms with Crippen molar-refractivity contribution in [1.29, 1.82) is 0 Å². The number of rotatable bonds is 24. The quantitative estimate of drug-likeness (QED) is 0.0329. The second-order valence-electron chi connectivity index (χ2n) is 35.4. The van der Waals surface area contributed by atoms with Crippen LogP contribution in [0.4, 0.5) is 0 Å². The Hall–Kier alpha value is -3.58. The summed E-state index contributed by atoms with van der Waals surface area (Å²) in [5.41, 5.74) is 1.34. The molecule has 28 nitrogen and oxygen atoms in total. The number of esters is 2. The molecule has 0 amide bonds. The highest BCUT2D eigenvalue weighted by Crippen LogP contribution is 2.38. The number of carbonyl (C=O) groups is 2. The Labute approximate surface area is 709 Å². The van der Waals surface area contributed by atoms with Gasteiger partial charge < -0.3 is 126 Å². The average molecular weight is 1700 g/mol. The molecule has 37 atom stereocenters. The molecule has 119 heavy (non-hydrogen) atoms. The van der Waals surface area contributed by atoms with E-state index < -0.39 is 182 Å². The first-order valence-electron chi connectivity index (χ1n) is 44.0. The summed E-state index contributed by atoms with van der Waals surface area (Å²) >= 11 is 0. The van der Waals surface area contributed by atoms with E-state index in [1.54, 1.807) is 54.4 Å². The fourth-order valence-corrected chi connectivity index (χ4v) is 18.5. The SMILES string of the molecule is CO[C@@H]1C[C@@H](O)C[C@@H](O)[C@H](C)[C@@H]([C@@H](C)[C@@H](O)[C@@H](C)CC[C@H]2C[C@H](OC)C[C@H](C)O2)OC(=O)/C=C\C(C)=C/C[C@H](O[C@H]2OC[C@H](O)[C@@H](OC)[C@H]2OC)C[C@@H]2C=CC[C@@H](C[C@H](OC)[C@@H](C)[C@@H](O)C[C@@H](O)[C@H](C)[C@@H]([C@@H](C)[C@@H](O)[C@@H](C)CC[C@H]3C[C@H](OC)C[C@H](C)O3)OC(=O)/C=C\C(C)=C/C[C@H](O[C@H]3OC[C@H](O)[C@@H](OC)[C@H]3OC)C[C@@H]3C=CC[C@@H](C1)O3)O2. The van der Waals surface area contributed by atoms with E-state index in [2.05, 4.69) is 0 Å². The van der Waals surface area contributed by atoms with Gasteiger partial charge in [-0.3, -0.25) is 0 Å². The first kappa shape index (κ1) is 102. The largest absolute Gasteiger partial charge is 0.458 e. The molecule has 0 aromatic carbocycles. The van der Waals surface area contributed by atoms with Crippen molar-refractivity contribution in [1.82, 2.24) is 0 Å². The third-order valence-corrected chi connectivity index (χ3v) is 26.2. The lowest BCUT2D eigenvalue weighted by Crippen LogP contribution is -2.56. The Balaban J connectivity index is 1.19. The van der Waals surface area contributed by atoms with Crippen LogP contribution in [0.5, 0.6) is 0 Å². The minimum Gasteiger partial charge on any atom is -0.458 e. The van der Waals surface area contributed by atoms with Gasteiger partial charge in [0.25, 0.3) is 0 Å². The van der Waals surface area contributed by atoms with Gasteiger partial charge in [-0.05, 0) is 136 Å². The molecule has 0 aliphatic carbocycles. The molecule has 4 saturated heterocycles. The van der Waals surface area contributed by atoms with Crippen molar-refractivity contribution in [2.45, 2.75) is 382 Å². The van der Waals surface area contributed by atoms with Crippen LogP contribution in [-0.2, 0) is 94.9 Å². The van der Waals surface area contributed by atoms with Gasteiger partial charge in [0.05, 0.1) is 135 Å². The molecule has 7 aliphatic rings. The van der Waals surface area contributed by atoms with Gasteiger partial charge in [-0.25, -0.2) is 9.59 Å². The number of hydrogen-bond donors (Lipinski definition) is 8. The van der Waals surface area contributed by atoms with Gasteiger partial charge in [-0.2, -0.15) is 0 Å². The van der Waals surface area contributed by atoms with Crippen molar-refractivity contribution >= 4 is 11.9 Å². The molecule has 8 N–H and O–H groups in total. The Morgan fingerprint density at radius 1 is 0.412 bits per heavy atom. The zero-order chi connectivity index (χ0) is 87.3. The summed E-state index contributed by atoms with van der Waals surface area (Å²) in [5, 5.41) is 95.0. The zero-order valence-corrected chi connectivity index (χ0v) is 74.7. The van der Waals surface area contributed by atoms with E-state index in [4.69, 9.17) is 85.3 Å². The molecule has 686 valence electrons. The van der Waals surface area contributed by atoms with Crippen LogP contribution in [-0.4, -0.2) is 306 Å². The first-order chi connectivity index (χ1) is 56.7. The predicted octanol–water partition coefficient (Wildman–Crippen LogP) is 9.41. The molecule has 7 rings (SSSR count). The molecule has 28 heteroatoms. The van der Waals surface area contributed by atoms with Gasteiger partial charge in [-0.1, -0.05) is 108 Å². The smallest absolute Gasteiger partial charge is 0.331 e. The summed E-state index contributed by atoms with van der Waals surface area (Å²) in [6, 6.07) is 0. The van der Waals surface area contributed by atoms with Crippen LogP contribution in [0.3, 0.4) is 0 Å². The maximum absolute atomic E-state index is 14.4. The fraction of sp³-hybridized carbons (Fsp3) is 0.846. The fourth-order valence-electron chi connectivity index (χ4n) is 18.5. The van der Waals surface area contributed by atoms with E-state index in [1.165, 1.54) is 40.6 Å². The van der Waals surface area contributed by atoms with Crippen molar-refractivity contribution in [3.8, 4) is 0 Å². The molecule has 4 bridgehead atoms. The van der Waals surface area contributed by atoms with Crippen LogP contribution in [0, 0.1) is 41.4 Å². The van der Waals surface area contributed by atoms with Crippen LogP contribution < -0.4 is 0 Å². The molecule has 0 aromatic heterocycles. The lowest BCUT2D eigenvalue weighted by atomic mass is 9.78. The molecular weight excluding hydrogens is 1540 g/mol. The predicted molar refractivity (Wildman–Crippen MR) is 445 cm³/mol. The summed E-state index contributed by atoms with van der Waals surface area (Å²) in [6.45, 7) is 20.5. The van der Waals surface area contributed by atoms with Gasteiger partial charge in [0.15, 0.2) is 12.6 Å². The lowest BCUT2D eigenvalue weighted by Gasteiger charge is -2.40.